The van der Waals surface area contributed by atoms with Crippen molar-refractivity contribution in [1.82, 2.24) is 0 Å². The van der Waals surface area contributed by atoms with Gasteiger partial charge in [-0.3, -0.25) is 4.99 Å². The van der Waals surface area contributed by atoms with Crippen molar-refractivity contribution >= 4 is 35.4 Å². The number of benzene rings is 3. The van der Waals surface area contributed by atoms with Gasteiger partial charge in [-0.25, -0.2) is 9.59 Å². The maximum absolute atomic E-state index is 11.2. The van der Waals surface area contributed by atoms with Crippen LogP contribution in [0.1, 0.15) is 31.8 Å². The molecule has 0 unspecified atom stereocenters. The average molecular weight is 440 g/mol. The number of halogens is 1. The Morgan fingerprint density at radius 3 is 2.35 bits per heavy atom. The molecule has 3 aromatic carbocycles. The van der Waals surface area contributed by atoms with Gasteiger partial charge in [-0.1, -0.05) is 23.7 Å². The number of aliphatic imine (C=N–C) groups is 1. The van der Waals surface area contributed by atoms with Crippen molar-refractivity contribution in [3.05, 3.63) is 87.9 Å². The molecule has 0 radical (unpaired) electrons. The van der Waals surface area contributed by atoms with Crippen molar-refractivity contribution in [1.29, 1.82) is 0 Å². The fourth-order valence-corrected chi connectivity index (χ4v) is 2.89. The van der Waals surface area contributed by atoms with E-state index in [0.29, 0.717) is 17.2 Å². The molecule has 0 amide bonds. The van der Waals surface area contributed by atoms with Gasteiger partial charge in [-0.05, 0) is 59.7 Å². The molecule has 0 atom stereocenters. The van der Waals surface area contributed by atoms with E-state index >= 15 is 0 Å². The molecule has 0 heterocycles. The number of methoxy groups -OCH3 is 1. The van der Waals surface area contributed by atoms with Crippen LogP contribution in [-0.4, -0.2) is 35.5 Å². The molecule has 0 bridgehead atoms. The Bertz CT molecular complexity index is 1140. The van der Waals surface area contributed by atoms with E-state index in [0.717, 1.165) is 11.1 Å². The summed E-state index contributed by atoms with van der Waals surface area (Å²) in [5.74, 6) is -1.10. The highest BCUT2D eigenvalue weighted by Gasteiger charge is 2.09. The Morgan fingerprint density at radius 1 is 0.968 bits per heavy atom. The Kier molecular flexibility index (Phi) is 6.89. The number of rotatable bonds is 8. The Labute approximate surface area is 183 Å². The lowest BCUT2D eigenvalue weighted by Gasteiger charge is -2.11. The quantitative estimate of drug-likeness (QED) is 0.474. The lowest BCUT2D eigenvalue weighted by atomic mass is 10.1. The predicted molar refractivity (Wildman–Crippen MR) is 116 cm³/mol. The minimum atomic E-state index is -1.12. The summed E-state index contributed by atoms with van der Waals surface area (Å²) < 4.78 is 11.2. The minimum absolute atomic E-state index is 0.0194. The highest BCUT2D eigenvalue weighted by Crippen LogP contribution is 2.29. The van der Waals surface area contributed by atoms with E-state index in [9.17, 15) is 9.59 Å². The summed E-state index contributed by atoms with van der Waals surface area (Å²) >= 11 is 5.87. The third kappa shape index (κ3) is 5.61. The molecule has 3 aromatic rings. The van der Waals surface area contributed by atoms with Gasteiger partial charge in [-0.15, -0.1) is 0 Å². The first-order valence-electron chi connectivity index (χ1n) is 9.07. The molecule has 7 nitrogen and oxygen atoms in total. The zero-order valence-electron chi connectivity index (χ0n) is 16.4. The number of ether oxygens (including phenoxy) is 2. The van der Waals surface area contributed by atoms with Crippen LogP contribution in [0.25, 0.3) is 0 Å². The largest absolute Gasteiger partial charge is 0.493 e. The fourth-order valence-electron chi connectivity index (χ4n) is 2.69. The summed E-state index contributed by atoms with van der Waals surface area (Å²) in [7, 11) is 1.52. The van der Waals surface area contributed by atoms with Crippen molar-refractivity contribution < 1.29 is 29.3 Å². The molecule has 0 spiro atoms. The van der Waals surface area contributed by atoms with Crippen LogP contribution in [0.3, 0.4) is 0 Å². The standard InChI is InChI=1S/C23H18ClNO6/c1-30-21-10-15(12-25-17-7-8-19(24)18(11-17)23(28)29)4-9-20(21)31-13-14-2-5-16(6-3-14)22(26)27/h2-12H,13H2,1H3,(H,26,27)(H,28,29). The van der Waals surface area contributed by atoms with Crippen LogP contribution in [0.5, 0.6) is 11.5 Å². The second-order valence-electron chi connectivity index (χ2n) is 6.43. The number of carbonyl (C=O) groups is 2. The normalized spacial score (nSPS) is 10.8. The second-order valence-corrected chi connectivity index (χ2v) is 6.84. The average Bonchev–Trinajstić information content (AvgIpc) is 2.77. The van der Waals surface area contributed by atoms with E-state index in [-0.39, 0.29) is 22.8 Å². The molecule has 0 aliphatic carbocycles. The second kappa shape index (κ2) is 9.77. The summed E-state index contributed by atoms with van der Waals surface area (Å²) in [4.78, 5) is 26.4. The van der Waals surface area contributed by atoms with Crippen LogP contribution in [0.15, 0.2) is 65.7 Å². The highest BCUT2D eigenvalue weighted by molar-refractivity contribution is 6.33. The Morgan fingerprint density at radius 2 is 1.71 bits per heavy atom. The first-order chi connectivity index (χ1) is 14.9. The van der Waals surface area contributed by atoms with E-state index in [1.807, 2.05) is 0 Å². The van der Waals surface area contributed by atoms with Crippen molar-refractivity contribution in [3.8, 4) is 11.5 Å². The van der Waals surface area contributed by atoms with Crippen molar-refractivity contribution in [3.63, 3.8) is 0 Å². The van der Waals surface area contributed by atoms with Gasteiger partial charge in [-0.2, -0.15) is 0 Å². The van der Waals surface area contributed by atoms with Crippen molar-refractivity contribution in [2.45, 2.75) is 6.61 Å². The topological polar surface area (TPSA) is 105 Å². The molecule has 3 rings (SSSR count). The Hall–Kier alpha value is -3.84. The van der Waals surface area contributed by atoms with Crippen LogP contribution < -0.4 is 9.47 Å². The zero-order valence-corrected chi connectivity index (χ0v) is 17.2. The van der Waals surface area contributed by atoms with Gasteiger partial charge in [0, 0.05) is 6.21 Å². The smallest absolute Gasteiger partial charge is 0.337 e. The number of carboxylic acids is 2. The van der Waals surface area contributed by atoms with Gasteiger partial charge in [0.1, 0.15) is 6.61 Å². The molecular weight excluding hydrogens is 422 g/mol. The summed E-state index contributed by atoms with van der Waals surface area (Å²) in [6.07, 6.45) is 1.58. The summed E-state index contributed by atoms with van der Waals surface area (Å²) in [5, 5.41) is 18.3. The van der Waals surface area contributed by atoms with Gasteiger partial charge < -0.3 is 19.7 Å². The monoisotopic (exact) mass is 439 g/mol. The third-order valence-electron chi connectivity index (χ3n) is 4.33. The molecule has 158 valence electrons. The molecule has 31 heavy (non-hydrogen) atoms. The summed E-state index contributed by atoms with van der Waals surface area (Å²) in [6, 6.07) is 16.2. The lowest BCUT2D eigenvalue weighted by Crippen LogP contribution is -2.00. The van der Waals surface area contributed by atoms with Crippen molar-refractivity contribution in [2.75, 3.05) is 7.11 Å². The van der Waals surface area contributed by atoms with Gasteiger partial charge in [0.2, 0.25) is 0 Å². The maximum Gasteiger partial charge on any atom is 0.337 e. The molecule has 0 fully saturated rings. The van der Waals surface area contributed by atoms with Gasteiger partial charge in [0.05, 0.1) is 28.9 Å². The van der Waals surface area contributed by atoms with Gasteiger partial charge >= 0.3 is 11.9 Å². The minimum Gasteiger partial charge on any atom is -0.493 e. The van der Waals surface area contributed by atoms with Crippen LogP contribution in [0.4, 0.5) is 5.69 Å². The molecule has 8 heteroatoms. The first-order valence-corrected chi connectivity index (χ1v) is 9.45. The van der Waals surface area contributed by atoms with Crippen LogP contribution in [0, 0.1) is 0 Å². The zero-order chi connectivity index (χ0) is 22.4. The molecule has 0 aliphatic rings. The van der Waals surface area contributed by atoms with Crippen LogP contribution >= 0.6 is 11.6 Å². The van der Waals surface area contributed by atoms with E-state index in [1.165, 1.54) is 31.4 Å². The number of nitrogens with zero attached hydrogens (tertiary/aromatic N) is 1. The van der Waals surface area contributed by atoms with E-state index < -0.39 is 11.9 Å². The molecule has 2 N–H and O–H groups in total. The number of aromatic carboxylic acids is 2. The molecular formula is C23H18ClNO6. The fraction of sp³-hybridized carbons (Fsp3) is 0.0870. The number of hydrogen-bond donors (Lipinski definition) is 2. The predicted octanol–water partition coefficient (Wildman–Crippen LogP) is 5.07. The third-order valence-corrected chi connectivity index (χ3v) is 4.66. The highest BCUT2D eigenvalue weighted by atomic mass is 35.5. The summed E-state index contributed by atoms with van der Waals surface area (Å²) in [6.45, 7) is 0.242. The maximum atomic E-state index is 11.2. The summed E-state index contributed by atoms with van der Waals surface area (Å²) in [5.41, 5.74) is 2.18. The van der Waals surface area contributed by atoms with Gasteiger partial charge in [0.15, 0.2) is 11.5 Å². The lowest BCUT2D eigenvalue weighted by molar-refractivity contribution is 0.0686. The number of hydrogen-bond acceptors (Lipinski definition) is 5. The molecule has 0 saturated carbocycles. The molecule has 0 aromatic heterocycles. The molecule has 0 saturated heterocycles. The van der Waals surface area contributed by atoms with Crippen molar-refractivity contribution in [2.24, 2.45) is 4.99 Å². The Balaban J connectivity index is 1.72. The van der Waals surface area contributed by atoms with E-state index in [1.54, 1.807) is 42.6 Å². The van der Waals surface area contributed by atoms with Gasteiger partial charge in [0.25, 0.3) is 0 Å². The van der Waals surface area contributed by atoms with Crippen LogP contribution in [0.2, 0.25) is 5.02 Å². The van der Waals surface area contributed by atoms with Crippen LogP contribution in [-0.2, 0) is 6.61 Å². The van der Waals surface area contributed by atoms with E-state index in [4.69, 9.17) is 31.3 Å². The number of carboxylic acid groups (broad SMARTS) is 2. The SMILES string of the molecule is COc1cc(C=Nc2ccc(Cl)c(C(=O)O)c2)ccc1OCc1ccc(C(=O)O)cc1. The molecule has 0 aliphatic heterocycles. The van der Waals surface area contributed by atoms with E-state index in [2.05, 4.69) is 4.99 Å². The first kappa shape index (κ1) is 21.9.